The number of hydrogen-bond acceptors (Lipinski definition) is 2. The van der Waals surface area contributed by atoms with Crippen molar-refractivity contribution in [2.45, 2.75) is 52.6 Å². The van der Waals surface area contributed by atoms with Gasteiger partial charge < -0.3 is 4.74 Å². The van der Waals surface area contributed by atoms with Gasteiger partial charge in [-0.15, -0.1) is 0 Å². The molecule has 2 nitrogen and oxygen atoms in total. The molecule has 0 N–H and O–H groups in total. The first-order valence-electron chi connectivity index (χ1n) is 7.39. The van der Waals surface area contributed by atoms with Gasteiger partial charge in [-0.3, -0.25) is 4.79 Å². The zero-order chi connectivity index (χ0) is 14.0. The monoisotopic (exact) mass is 260 g/mol. The van der Waals surface area contributed by atoms with Crippen molar-refractivity contribution in [2.75, 3.05) is 0 Å². The normalized spacial score (nSPS) is 49.6. The highest BCUT2D eigenvalue weighted by Gasteiger charge is 2.63. The summed E-state index contributed by atoms with van der Waals surface area (Å²) in [5.74, 6) is 0.321. The SMILES string of the molecule is C=C1CCC2C(C)C(=O)OC2C2(C)C(=C)CCC12C. The number of ether oxygens (including phenoxy) is 1. The van der Waals surface area contributed by atoms with Crippen molar-refractivity contribution >= 4 is 5.97 Å². The van der Waals surface area contributed by atoms with Crippen molar-refractivity contribution in [3.05, 3.63) is 24.3 Å². The molecule has 0 amide bonds. The van der Waals surface area contributed by atoms with Gasteiger partial charge in [-0.05, 0) is 25.7 Å². The van der Waals surface area contributed by atoms with Gasteiger partial charge in [-0.25, -0.2) is 0 Å². The van der Waals surface area contributed by atoms with Gasteiger partial charge in [0.05, 0.1) is 5.92 Å². The Morgan fingerprint density at radius 2 is 1.89 bits per heavy atom. The Morgan fingerprint density at radius 3 is 2.58 bits per heavy atom. The van der Waals surface area contributed by atoms with Crippen LogP contribution in [-0.4, -0.2) is 12.1 Å². The molecule has 1 heterocycles. The summed E-state index contributed by atoms with van der Waals surface area (Å²) in [6.07, 6.45) is 4.16. The maximum Gasteiger partial charge on any atom is 0.309 e. The smallest absolute Gasteiger partial charge is 0.309 e. The third-order valence-electron chi connectivity index (χ3n) is 6.58. The van der Waals surface area contributed by atoms with Gasteiger partial charge >= 0.3 is 5.97 Å². The van der Waals surface area contributed by atoms with Crippen LogP contribution in [0.2, 0.25) is 0 Å². The summed E-state index contributed by atoms with van der Waals surface area (Å²) in [6.45, 7) is 15.2. The minimum absolute atomic E-state index is 0.00532. The molecule has 0 spiro atoms. The number of fused-ring (bicyclic) bond motifs is 3. The van der Waals surface area contributed by atoms with Gasteiger partial charge in [-0.2, -0.15) is 0 Å². The lowest BCUT2D eigenvalue weighted by Gasteiger charge is -2.45. The minimum atomic E-state index is -0.133. The van der Waals surface area contributed by atoms with Crippen molar-refractivity contribution in [3.63, 3.8) is 0 Å². The summed E-state index contributed by atoms with van der Waals surface area (Å²) >= 11 is 0. The van der Waals surface area contributed by atoms with Crippen LogP contribution in [-0.2, 0) is 9.53 Å². The number of hydrogen-bond donors (Lipinski definition) is 0. The molecular weight excluding hydrogens is 236 g/mol. The van der Waals surface area contributed by atoms with E-state index in [1.165, 1.54) is 11.1 Å². The molecule has 3 aliphatic rings. The first kappa shape index (κ1) is 13.0. The van der Waals surface area contributed by atoms with E-state index < -0.39 is 0 Å². The van der Waals surface area contributed by atoms with Crippen LogP contribution in [0.25, 0.3) is 0 Å². The topological polar surface area (TPSA) is 26.3 Å². The number of rotatable bonds is 0. The van der Waals surface area contributed by atoms with E-state index in [2.05, 4.69) is 27.0 Å². The van der Waals surface area contributed by atoms with E-state index >= 15 is 0 Å². The first-order valence-corrected chi connectivity index (χ1v) is 7.39. The number of carbonyl (C=O) groups excluding carboxylic acids is 1. The molecule has 2 saturated carbocycles. The molecule has 0 aromatic heterocycles. The molecule has 0 radical (unpaired) electrons. The van der Waals surface area contributed by atoms with Crippen molar-refractivity contribution in [1.29, 1.82) is 0 Å². The van der Waals surface area contributed by atoms with Crippen LogP contribution in [0.1, 0.15) is 46.5 Å². The maximum absolute atomic E-state index is 12.0. The fourth-order valence-electron chi connectivity index (χ4n) is 4.69. The van der Waals surface area contributed by atoms with E-state index in [0.29, 0.717) is 5.92 Å². The summed E-state index contributed by atoms with van der Waals surface area (Å²) in [5.41, 5.74) is 2.47. The Balaban J connectivity index is 2.14. The van der Waals surface area contributed by atoms with E-state index in [1.807, 2.05) is 6.92 Å². The molecule has 19 heavy (non-hydrogen) atoms. The second kappa shape index (κ2) is 3.74. The van der Waals surface area contributed by atoms with Crippen LogP contribution in [0, 0.1) is 22.7 Å². The molecule has 3 fully saturated rings. The predicted octanol–water partition coefficient (Wildman–Crippen LogP) is 3.88. The van der Waals surface area contributed by atoms with Crippen molar-refractivity contribution in [1.82, 2.24) is 0 Å². The van der Waals surface area contributed by atoms with E-state index in [1.54, 1.807) is 0 Å². The van der Waals surface area contributed by atoms with Crippen LogP contribution in [0.4, 0.5) is 0 Å². The Bertz CT molecular complexity index is 478. The molecule has 5 unspecified atom stereocenters. The minimum Gasteiger partial charge on any atom is -0.461 e. The van der Waals surface area contributed by atoms with Gasteiger partial charge in [-0.1, -0.05) is 45.1 Å². The van der Waals surface area contributed by atoms with Gasteiger partial charge in [0.1, 0.15) is 6.10 Å². The van der Waals surface area contributed by atoms with Crippen molar-refractivity contribution in [3.8, 4) is 0 Å². The molecule has 1 saturated heterocycles. The molecule has 2 heteroatoms. The summed E-state index contributed by atoms with van der Waals surface area (Å²) in [7, 11) is 0. The highest BCUT2D eigenvalue weighted by molar-refractivity contribution is 5.75. The maximum atomic E-state index is 12.0. The predicted molar refractivity (Wildman–Crippen MR) is 75.5 cm³/mol. The lowest BCUT2D eigenvalue weighted by Crippen LogP contribution is -2.45. The molecule has 0 aromatic rings. The second-order valence-electron chi connectivity index (χ2n) is 7.09. The number of allylic oxidation sites excluding steroid dienone is 1. The molecule has 1 aliphatic heterocycles. The zero-order valence-corrected chi connectivity index (χ0v) is 12.3. The van der Waals surface area contributed by atoms with Crippen LogP contribution >= 0.6 is 0 Å². The van der Waals surface area contributed by atoms with Gasteiger partial charge in [0.25, 0.3) is 0 Å². The Labute approximate surface area is 115 Å². The van der Waals surface area contributed by atoms with Gasteiger partial charge in [0.2, 0.25) is 0 Å². The lowest BCUT2D eigenvalue weighted by molar-refractivity contribution is -0.149. The Morgan fingerprint density at radius 1 is 1.21 bits per heavy atom. The molecule has 104 valence electrons. The number of esters is 1. The summed E-state index contributed by atoms with van der Waals surface area (Å²) < 4.78 is 5.82. The highest BCUT2D eigenvalue weighted by Crippen LogP contribution is 2.66. The summed E-state index contributed by atoms with van der Waals surface area (Å²) in [5, 5.41) is 0. The molecule has 5 atom stereocenters. The Hall–Kier alpha value is -1.05. The van der Waals surface area contributed by atoms with E-state index in [0.717, 1.165) is 25.7 Å². The van der Waals surface area contributed by atoms with Crippen molar-refractivity contribution in [2.24, 2.45) is 22.7 Å². The zero-order valence-electron chi connectivity index (χ0n) is 12.3. The fourth-order valence-corrected chi connectivity index (χ4v) is 4.69. The van der Waals surface area contributed by atoms with Gasteiger partial charge in [0, 0.05) is 16.7 Å². The standard InChI is InChI=1S/C17H24O2/c1-10-6-7-13-12(3)15(18)19-14(13)17(5)11(2)8-9-16(10,17)4/h12-14H,1-2,6-9H2,3-5H3. The highest BCUT2D eigenvalue weighted by atomic mass is 16.6. The molecule has 0 aromatic carbocycles. The largest absolute Gasteiger partial charge is 0.461 e. The van der Waals surface area contributed by atoms with Crippen molar-refractivity contribution < 1.29 is 9.53 Å². The fraction of sp³-hybridized carbons (Fsp3) is 0.706. The van der Waals surface area contributed by atoms with Gasteiger partial charge in [0.15, 0.2) is 0 Å². The summed E-state index contributed by atoms with van der Waals surface area (Å²) in [6, 6.07) is 0. The van der Waals surface area contributed by atoms with E-state index in [4.69, 9.17) is 4.74 Å². The van der Waals surface area contributed by atoms with E-state index in [-0.39, 0.29) is 28.8 Å². The van der Waals surface area contributed by atoms with Crippen LogP contribution < -0.4 is 0 Å². The molecule has 2 aliphatic carbocycles. The third-order valence-corrected chi connectivity index (χ3v) is 6.58. The lowest BCUT2D eigenvalue weighted by atomic mass is 9.59. The summed E-state index contributed by atoms with van der Waals surface area (Å²) in [4.78, 5) is 12.0. The molecule has 0 bridgehead atoms. The van der Waals surface area contributed by atoms with Crippen LogP contribution in [0.3, 0.4) is 0 Å². The first-order chi connectivity index (χ1) is 8.82. The average molecular weight is 260 g/mol. The van der Waals surface area contributed by atoms with Crippen LogP contribution in [0.5, 0.6) is 0 Å². The van der Waals surface area contributed by atoms with Crippen LogP contribution in [0.15, 0.2) is 24.3 Å². The van der Waals surface area contributed by atoms with E-state index in [9.17, 15) is 4.79 Å². The molecular formula is C17H24O2. The Kier molecular flexibility index (Phi) is 2.55. The third kappa shape index (κ3) is 1.35. The molecule has 3 rings (SSSR count). The quantitative estimate of drug-likeness (QED) is 0.488. The average Bonchev–Trinajstić information content (AvgIpc) is 2.76. The number of carbonyl (C=O) groups is 1. The second-order valence-corrected chi connectivity index (χ2v) is 7.09.